The molecule has 0 bridgehead atoms. The molecule has 0 aromatic carbocycles. The van der Waals surface area contributed by atoms with Crippen LogP contribution in [-0.4, -0.2) is 103 Å². The third-order valence-electron chi connectivity index (χ3n) is 4.61. The van der Waals surface area contributed by atoms with Gasteiger partial charge >= 0.3 is 24.1 Å². The number of carbonyl (C=O) groups excluding carboxylic acids is 2. The van der Waals surface area contributed by atoms with Crippen molar-refractivity contribution in [3.05, 3.63) is 20.2 Å². The Morgan fingerprint density at radius 3 is 1.20 bits per heavy atom. The molecule has 44 heavy (non-hydrogen) atoms. The van der Waals surface area contributed by atoms with Gasteiger partial charge in [-0.1, -0.05) is 0 Å². The predicted molar refractivity (Wildman–Crippen MR) is 151 cm³/mol. The van der Waals surface area contributed by atoms with Gasteiger partial charge in [0.05, 0.1) is 0 Å². The fraction of sp³-hybridized carbons (Fsp3) is 0.727. The second kappa shape index (κ2) is 18.4. The number of carboxylic acid groups (broad SMARTS) is 2. The first-order valence-corrected chi connectivity index (χ1v) is 12.9. The Hall–Kier alpha value is -5.18. The zero-order valence-electron chi connectivity index (χ0n) is 25.3. The maximum Gasteiger partial charge on any atom is 0.469 e. The summed E-state index contributed by atoms with van der Waals surface area (Å²) in [4.78, 5) is 68.1. The van der Waals surface area contributed by atoms with E-state index in [0.29, 0.717) is 0 Å². The zero-order valence-corrected chi connectivity index (χ0v) is 25.3. The number of nitrogens with zero attached hydrogens (tertiary/aromatic N) is 4. The molecular formula is C22H42N10O12. The highest BCUT2D eigenvalue weighted by Gasteiger charge is 2.42. The Bertz CT molecular complexity index is 975. The number of ether oxygens (including phenoxy) is 2. The monoisotopic (exact) mass is 638 g/mol. The summed E-state index contributed by atoms with van der Waals surface area (Å²) in [6.45, 7) is 9.36. The number of carboxylic acids is 2. The van der Waals surface area contributed by atoms with Crippen molar-refractivity contribution in [1.29, 1.82) is 10.8 Å². The molecule has 0 aliphatic rings. The molecule has 0 aromatic rings. The summed E-state index contributed by atoms with van der Waals surface area (Å²) in [7, 11) is 0. The summed E-state index contributed by atoms with van der Waals surface area (Å²) >= 11 is 0. The third-order valence-corrected chi connectivity index (χ3v) is 4.61. The summed E-state index contributed by atoms with van der Waals surface area (Å²) < 4.78 is 9.70. The van der Waals surface area contributed by atoms with Gasteiger partial charge in [0.2, 0.25) is 0 Å². The van der Waals surface area contributed by atoms with Crippen LogP contribution < -0.4 is 22.1 Å². The number of aliphatic carboxylic acids is 2. The average molecular weight is 639 g/mol. The summed E-state index contributed by atoms with van der Waals surface area (Å²) in [5, 5.41) is 56.7. The second-order valence-corrected chi connectivity index (χ2v) is 10.8. The highest BCUT2D eigenvalue weighted by atomic mass is 16.7. The standard InChI is InChI=1S/2C11H21N5O6/c2*1-11(2,3)22-10(19)15(16(20)21)7(8(17)18)5-4-6-14-9(12)13/h2*7H,4-6H2,1-3H3,(H,17,18)(H4,12,13,14). The minimum atomic E-state index is -1.68. The number of hydrogen-bond acceptors (Lipinski definition) is 12. The molecule has 252 valence electrons. The van der Waals surface area contributed by atoms with Crippen molar-refractivity contribution in [3.63, 3.8) is 0 Å². The van der Waals surface area contributed by atoms with E-state index in [0.717, 1.165) is 0 Å². The molecule has 2 amide bonds. The molecule has 0 saturated heterocycles. The third kappa shape index (κ3) is 18.3. The minimum absolute atomic E-state index is 0.0403. The first-order valence-electron chi connectivity index (χ1n) is 12.9. The summed E-state index contributed by atoms with van der Waals surface area (Å²) in [5.41, 5.74) is 8.12. The van der Waals surface area contributed by atoms with Crippen molar-refractivity contribution in [2.45, 2.75) is 90.5 Å². The fourth-order valence-electron chi connectivity index (χ4n) is 2.97. The first kappa shape index (κ1) is 41.0. The van der Waals surface area contributed by atoms with Gasteiger partial charge < -0.3 is 41.8 Å². The zero-order chi connectivity index (χ0) is 35.0. The van der Waals surface area contributed by atoms with Gasteiger partial charge in [-0.15, -0.1) is 0 Å². The molecule has 0 fully saturated rings. The van der Waals surface area contributed by atoms with Crippen LogP contribution in [0.3, 0.4) is 0 Å². The highest BCUT2D eigenvalue weighted by molar-refractivity contribution is 5.80. The number of hydrazine groups is 2. The lowest BCUT2D eigenvalue weighted by molar-refractivity contribution is -0.641. The van der Waals surface area contributed by atoms with Crippen molar-refractivity contribution in [2.75, 3.05) is 13.1 Å². The summed E-state index contributed by atoms with van der Waals surface area (Å²) in [5.74, 6) is -3.65. The van der Waals surface area contributed by atoms with Crippen molar-refractivity contribution in [3.8, 4) is 0 Å². The fourth-order valence-corrected chi connectivity index (χ4v) is 2.97. The van der Waals surface area contributed by atoms with Crippen LogP contribution in [0.25, 0.3) is 0 Å². The van der Waals surface area contributed by atoms with Crippen LogP contribution in [-0.2, 0) is 19.1 Å². The van der Waals surface area contributed by atoms with Gasteiger partial charge in [0.1, 0.15) is 11.2 Å². The van der Waals surface area contributed by atoms with E-state index in [2.05, 4.69) is 10.6 Å². The Morgan fingerprint density at radius 2 is 1.02 bits per heavy atom. The number of nitrogens with one attached hydrogen (secondary N) is 4. The topological polar surface area (TPSA) is 344 Å². The molecule has 0 aliphatic heterocycles. The van der Waals surface area contributed by atoms with Crippen molar-refractivity contribution in [2.24, 2.45) is 11.5 Å². The van der Waals surface area contributed by atoms with Crippen LogP contribution in [0.1, 0.15) is 67.2 Å². The van der Waals surface area contributed by atoms with Gasteiger partial charge in [-0.2, -0.15) is 0 Å². The summed E-state index contributed by atoms with van der Waals surface area (Å²) in [6, 6.07) is -3.36. The summed E-state index contributed by atoms with van der Waals surface area (Å²) in [6.07, 6.45) is -2.77. The second-order valence-electron chi connectivity index (χ2n) is 10.8. The van der Waals surface area contributed by atoms with Crippen molar-refractivity contribution in [1.82, 2.24) is 20.7 Å². The van der Waals surface area contributed by atoms with Crippen LogP contribution in [0.15, 0.2) is 0 Å². The molecular weight excluding hydrogens is 596 g/mol. The quantitative estimate of drug-likeness (QED) is 0.0415. The molecule has 2 unspecified atom stereocenters. The lowest BCUT2D eigenvalue weighted by Gasteiger charge is -2.24. The maximum absolute atomic E-state index is 11.8. The maximum atomic E-state index is 11.8. The molecule has 22 heteroatoms. The number of carbonyl (C=O) groups is 4. The molecule has 0 rings (SSSR count). The number of amides is 2. The Balaban J connectivity index is 0. The number of nitro groups is 2. The van der Waals surface area contributed by atoms with E-state index in [-0.39, 0.29) is 60.7 Å². The Morgan fingerprint density at radius 1 is 0.750 bits per heavy atom. The van der Waals surface area contributed by atoms with E-state index in [4.69, 9.17) is 42.0 Å². The molecule has 0 aromatic heterocycles. The molecule has 10 N–H and O–H groups in total. The molecule has 2 atom stereocenters. The van der Waals surface area contributed by atoms with E-state index < -0.39 is 57.5 Å². The SMILES string of the molecule is CC(C)(C)OC(=O)N(C(CCCNC(=N)N)C(=O)O)[N+](=O)[O-].CC(C)(C)OC(=O)N(C(CCCNC(=N)N)C(=O)O)[N+](=O)[O-]. The van der Waals surface area contributed by atoms with Crippen LogP contribution in [0, 0.1) is 31.0 Å². The minimum Gasteiger partial charge on any atom is -0.480 e. The molecule has 0 saturated carbocycles. The lowest BCUT2D eigenvalue weighted by atomic mass is 10.1. The van der Waals surface area contributed by atoms with Crippen molar-refractivity contribution >= 4 is 36.0 Å². The average Bonchev–Trinajstić information content (AvgIpc) is 2.79. The highest BCUT2D eigenvalue weighted by Crippen LogP contribution is 2.16. The normalized spacial score (nSPS) is 12.1. The van der Waals surface area contributed by atoms with Crippen LogP contribution in [0.4, 0.5) is 9.59 Å². The van der Waals surface area contributed by atoms with Crippen molar-refractivity contribution < 1.29 is 48.9 Å². The van der Waals surface area contributed by atoms with E-state index >= 15 is 0 Å². The van der Waals surface area contributed by atoms with Gasteiger partial charge in [-0.25, -0.2) is 39.4 Å². The van der Waals surface area contributed by atoms with E-state index in [1.807, 2.05) is 0 Å². The molecule has 22 nitrogen and oxygen atoms in total. The molecule has 0 aliphatic carbocycles. The number of nitrogens with two attached hydrogens (primary N) is 2. The van der Waals surface area contributed by atoms with Crippen LogP contribution in [0.5, 0.6) is 0 Å². The first-order chi connectivity index (χ1) is 19.9. The van der Waals surface area contributed by atoms with Crippen LogP contribution >= 0.6 is 0 Å². The molecule has 0 heterocycles. The predicted octanol–water partition coefficient (Wildman–Crippen LogP) is 0.263. The van der Waals surface area contributed by atoms with E-state index in [9.17, 15) is 39.4 Å². The Labute approximate surface area is 252 Å². The van der Waals surface area contributed by atoms with Gasteiger partial charge in [0, 0.05) is 13.1 Å². The van der Waals surface area contributed by atoms with Gasteiger partial charge in [0.15, 0.2) is 34.1 Å². The van der Waals surface area contributed by atoms with Crippen LogP contribution in [0.2, 0.25) is 0 Å². The van der Waals surface area contributed by atoms with Gasteiger partial charge in [-0.3, -0.25) is 10.8 Å². The lowest BCUT2D eigenvalue weighted by Crippen LogP contribution is -2.50. The van der Waals surface area contributed by atoms with Gasteiger partial charge in [0.25, 0.3) is 0 Å². The largest absolute Gasteiger partial charge is 0.480 e. The van der Waals surface area contributed by atoms with Gasteiger partial charge in [-0.05, 0) is 77.2 Å². The van der Waals surface area contributed by atoms with E-state index in [1.54, 1.807) is 0 Å². The van der Waals surface area contributed by atoms with E-state index in [1.165, 1.54) is 41.5 Å². The smallest absolute Gasteiger partial charge is 0.469 e. The Kier molecular flexibility index (Phi) is 17.1. The molecule has 0 radical (unpaired) electrons. The molecule has 0 spiro atoms. The number of guanidine groups is 2. The number of hydrogen-bond donors (Lipinski definition) is 8. The number of rotatable bonds is 14.